The zero-order chi connectivity index (χ0) is 20.0. The van der Waals surface area contributed by atoms with Gasteiger partial charge in [-0.3, -0.25) is 14.7 Å². The molecule has 7 nitrogen and oxygen atoms in total. The molecule has 150 valence electrons. The van der Waals surface area contributed by atoms with E-state index < -0.39 is 0 Å². The van der Waals surface area contributed by atoms with Crippen molar-refractivity contribution in [3.05, 3.63) is 63.9 Å². The maximum atomic E-state index is 12.7. The topological polar surface area (TPSA) is 79.7 Å². The Morgan fingerprint density at radius 1 is 1.21 bits per heavy atom. The second kappa shape index (κ2) is 6.91. The summed E-state index contributed by atoms with van der Waals surface area (Å²) in [6.07, 6.45) is 9.52. The highest BCUT2D eigenvalue weighted by molar-refractivity contribution is 5.54. The molecule has 1 N–H and O–H groups in total. The first kappa shape index (κ1) is 18.2. The summed E-state index contributed by atoms with van der Waals surface area (Å²) >= 11 is 0. The number of piperidine rings is 1. The molecule has 0 saturated carbocycles. The number of aryl methyl sites for hydroxylation is 2. The Bertz CT molecular complexity index is 1070. The van der Waals surface area contributed by atoms with Crippen LogP contribution in [0.15, 0.2) is 35.5 Å². The van der Waals surface area contributed by atoms with Crippen LogP contribution in [0.2, 0.25) is 0 Å². The van der Waals surface area contributed by atoms with Crippen LogP contribution in [0.3, 0.4) is 0 Å². The number of H-pyrrole nitrogens is 1. The van der Waals surface area contributed by atoms with Crippen LogP contribution in [0.1, 0.15) is 42.0 Å². The van der Waals surface area contributed by atoms with Crippen molar-refractivity contribution >= 4 is 0 Å². The van der Waals surface area contributed by atoms with Crippen molar-refractivity contribution in [2.45, 2.75) is 44.6 Å². The van der Waals surface area contributed by atoms with E-state index in [-0.39, 0.29) is 11.0 Å². The van der Waals surface area contributed by atoms with Crippen molar-refractivity contribution in [3.63, 3.8) is 0 Å². The Hall–Kier alpha value is -2.80. The van der Waals surface area contributed by atoms with Gasteiger partial charge in [0, 0.05) is 48.7 Å². The molecule has 1 fully saturated rings. The zero-order valence-corrected chi connectivity index (χ0v) is 17.0. The molecular weight excluding hydrogens is 364 g/mol. The van der Waals surface area contributed by atoms with E-state index in [1.54, 1.807) is 12.4 Å². The second-order valence-electron chi connectivity index (χ2n) is 8.43. The molecule has 0 aromatic carbocycles. The lowest BCUT2D eigenvalue weighted by molar-refractivity contribution is 0.149. The molecule has 5 rings (SSSR count). The first-order chi connectivity index (χ1) is 14.0. The van der Waals surface area contributed by atoms with Crippen LogP contribution in [0.25, 0.3) is 11.4 Å². The van der Waals surface area contributed by atoms with Crippen LogP contribution >= 0.6 is 0 Å². The Labute approximate surface area is 169 Å². The number of nitrogens with one attached hydrogen (secondary N) is 1. The number of likely N-dealkylation sites (tertiary alicyclic amines) is 1. The molecule has 1 aliphatic carbocycles. The quantitative estimate of drug-likeness (QED) is 0.743. The van der Waals surface area contributed by atoms with Crippen molar-refractivity contribution in [2.75, 3.05) is 13.1 Å². The summed E-state index contributed by atoms with van der Waals surface area (Å²) in [4.78, 5) is 31.9. The van der Waals surface area contributed by atoms with Crippen molar-refractivity contribution in [2.24, 2.45) is 7.05 Å². The number of aromatic nitrogens is 5. The van der Waals surface area contributed by atoms with E-state index in [4.69, 9.17) is 4.98 Å². The van der Waals surface area contributed by atoms with Gasteiger partial charge >= 0.3 is 0 Å². The summed E-state index contributed by atoms with van der Waals surface area (Å²) in [7, 11) is 2.04. The van der Waals surface area contributed by atoms with E-state index in [9.17, 15) is 4.79 Å². The maximum Gasteiger partial charge on any atom is 0.254 e. The van der Waals surface area contributed by atoms with Crippen molar-refractivity contribution < 1.29 is 0 Å². The van der Waals surface area contributed by atoms with Crippen LogP contribution in [0.5, 0.6) is 0 Å². The van der Waals surface area contributed by atoms with Gasteiger partial charge in [-0.05, 0) is 57.8 Å². The zero-order valence-electron chi connectivity index (χ0n) is 17.0. The van der Waals surface area contributed by atoms with Crippen LogP contribution in [0.4, 0.5) is 0 Å². The van der Waals surface area contributed by atoms with E-state index in [2.05, 4.69) is 30.6 Å². The molecule has 1 saturated heterocycles. The maximum absolute atomic E-state index is 12.7. The standard InChI is InChI=1S/C22H26N6O/c1-15-24-17(13-27(15)2)14-28-10-7-22(8-11-28)6-5-18-19(22)25-20(26-21(18)29)16-4-3-9-23-12-16/h3-4,9,12-13H,5-8,10-11,14H2,1-2H3,(H,25,26,29). The van der Waals surface area contributed by atoms with Crippen molar-refractivity contribution in [1.82, 2.24) is 29.4 Å². The van der Waals surface area contributed by atoms with Crippen molar-refractivity contribution in [1.29, 1.82) is 0 Å². The summed E-state index contributed by atoms with van der Waals surface area (Å²) in [5.74, 6) is 1.68. The molecule has 0 atom stereocenters. The minimum absolute atomic E-state index is 0.0112. The van der Waals surface area contributed by atoms with Gasteiger partial charge in [0.25, 0.3) is 5.56 Å². The van der Waals surface area contributed by atoms with Gasteiger partial charge in [-0.1, -0.05) is 0 Å². The molecule has 0 unspecified atom stereocenters. The normalized spacial score (nSPS) is 18.3. The van der Waals surface area contributed by atoms with E-state index in [1.165, 1.54) is 0 Å². The minimum atomic E-state index is 0.0112. The smallest absolute Gasteiger partial charge is 0.254 e. The fraction of sp³-hybridized carbons (Fsp3) is 0.455. The van der Waals surface area contributed by atoms with E-state index in [1.807, 2.05) is 26.1 Å². The molecule has 7 heteroatoms. The van der Waals surface area contributed by atoms with Gasteiger partial charge in [-0.15, -0.1) is 0 Å². The monoisotopic (exact) mass is 390 g/mol. The summed E-state index contributed by atoms with van der Waals surface area (Å²) < 4.78 is 2.07. The fourth-order valence-electron chi connectivity index (χ4n) is 4.85. The highest BCUT2D eigenvalue weighted by atomic mass is 16.1. The predicted molar refractivity (Wildman–Crippen MR) is 111 cm³/mol. The van der Waals surface area contributed by atoms with Gasteiger partial charge in [0.15, 0.2) is 0 Å². The van der Waals surface area contributed by atoms with Gasteiger partial charge in [0.05, 0.1) is 11.4 Å². The summed E-state index contributed by atoms with van der Waals surface area (Å²) in [5.41, 5.74) is 3.92. The van der Waals surface area contributed by atoms with E-state index in [0.717, 1.165) is 73.7 Å². The number of pyridine rings is 1. The Morgan fingerprint density at radius 2 is 2.03 bits per heavy atom. The molecule has 1 spiro atoms. The van der Waals surface area contributed by atoms with E-state index >= 15 is 0 Å². The predicted octanol–water partition coefficient (Wildman–Crippen LogP) is 2.35. The third kappa shape index (κ3) is 3.19. The Morgan fingerprint density at radius 3 is 2.72 bits per heavy atom. The second-order valence-corrected chi connectivity index (χ2v) is 8.43. The number of aromatic amines is 1. The average Bonchev–Trinajstić information content (AvgIpc) is 3.24. The van der Waals surface area contributed by atoms with Crippen LogP contribution in [-0.2, 0) is 25.4 Å². The first-order valence-corrected chi connectivity index (χ1v) is 10.3. The summed E-state index contributed by atoms with van der Waals surface area (Å²) in [5, 5.41) is 0. The molecule has 0 radical (unpaired) electrons. The lowest BCUT2D eigenvalue weighted by atomic mass is 9.76. The van der Waals surface area contributed by atoms with Gasteiger partial charge in [-0.25, -0.2) is 9.97 Å². The largest absolute Gasteiger partial charge is 0.338 e. The number of rotatable bonds is 3. The van der Waals surface area contributed by atoms with Crippen molar-refractivity contribution in [3.8, 4) is 11.4 Å². The van der Waals surface area contributed by atoms with Gasteiger partial charge in [0.2, 0.25) is 0 Å². The fourth-order valence-corrected chi connectivity index (χ4v) is 4.85. The number of imidazole rings is 1. The molecule has 1 aliphatic heterocycles. The molecule has 0 amide bonds. The van der Waals surface area contributed by atoms with Gasteiger partial charge in [-0.2, -0.15) is 0 Å². The molecule has 0 bridgehead atoms. The van der Waals surface area contributed by atoms with E-state index in [0.29, 0.717) is 5.82 Å². The van der Waals surface area contributed by atoms with Crippen LogP contribution in [-0.4, -0.2) is 42.5 Å². The van der Waals surface area contributed by atoms with Gasteiger partial charge < -0.3 is 9.55 Å². The summed E-state index contributed by atoms with van der Waals surface area (Å²) in [6, 6.07) is 3.81. The number of hydrogen-bond acceptors (Lipinski definition) is 5. The minimum Gasteiger partial charge on any atom is -0.338 e. The Balaban J connectivity index is 1.39. The molecular formula is C22H26N6O. The van der Waals surface area contributed by atoms with Gasteiger partial charge in [0.1, 0.15) is 11.6 Å². The SMILES string of the molecule is Cc1nc(CN2CCC3(CCc4c3nc(-c3cccnc3)[nH]c4=O)CC2)cn1C. The number of nitrogens with zero attached hydrogens (tertiary/aromatic N) is 5. The molecule has 29 heavy (non-hydrogen) atoms. The highest BCUT2D eigenvalue weighted by Crippen LogP contribution is 2.44. The summed E-state index contributed by atoms with van der Waals surface area (Å²) in [6.45, 7) is 4.93. The third-order valence-electron chi connectivity index (χ3n) is 6.66. The molecule has 3 aromatic rings. The Kier molecular flexibility index (Phi) is 4.35. The molecule has 4 heterocycles. The number of fused-ring (bicyclic) bond motifs is 2. The lowest BCUT2D eigenvalue weighted by Crippen LogP contribution is -2.42. The molecule has 3 aromatic heterocycles. The third-order valence-corrected chi connectivity index (χ3v) is 6.66. The van der Waals surface area contributed by atoms with Crippen LogP contribution in [0, 0.1) is 6.92 Å². The van der Waals surface area contributed by atoms with Crippen LogP contribution < -0.4 is 5.56 Å². The first-order valence-electron chi connectivity index (χ1n) is 10.3. The highest BCUT2D eigenvalue weighted by Gasteiger charge is 2.44. The lowest BCUT2D eigenvalue weighted by Gasteiger charge is -2.39. The number of hydrogen-bond donors (Lipinski definition) is 1. The average molecular weight is 390 g/mol. The molecule has 2 aliphatic rings.